The monoisotopic (exact) mass is 437 g/mol. The van der Waals surface area contributed by atoms with Crippen molar-refractivity contribution in [3.05, 3.63) is 97.5 Å². The van der Waals surface area contributed by atoms with Crippen LogP contribution in [0.3, 0.4) is 0 Å². The number of nitrogens with one attached hydrogen (secondary N) is 1. The van der Waals surface area contributed by atoms with Crippen LogP contribution in [0.25, 0.3) is 27.8 Å². The molecule has 7 heteroatoms. The third kappa shape index (κ3) is 4.10. The molecule has 0 atom stereocenters. The Morgan fingerprint density at radius 2 is 1.59 bits per heavy atom. The molecule has 0 fully saturated rings. The number of carbonyl (C=O) groups is 1. The highest BCUT2D eigenvalue weighted by atomic mass is 32.2. The molecule has 0 unspecified atom stereocenters. The lowest BCUT2D eigenvalue weighted by Gasteiger charge is -2.11. The van der Waals surface area contributed by atoms with Crippen molar-refractivity contribution in [1.29, 1.82) is 0 Å². The van der Waals surface area contributed by atoms with Crippen LogP contribution in [0.4, 0.5) is 5.69 Å². The van der Waals surface area contributed by atoms with E-state index in [0.29, 0.717) is 5.65 Å². The first-order valence-electron chi connectivity index (χ1n) is 10.1. The minimum atomic E-state index is -0.0967. The Morgan fingerprint density at radius 3 is 2.41 bits per heavy atom. The van der Waals surface area contributed by atoms with E-state index in [9.17, 15) is 4.79 Å². The first-order chi connectivity index (χ1) is 15.8. The van der Waals surface area contributed by atoms with Gasteiger partial charge in [-0.1, -0.05) is 78.5 Å². The van der Waals surface area contributed by atoms with Crippen LogP contribution in [0.1, 0.15) is 0 Å². The molecule has 0 spiro atoms. The number of amides is 1. The van der Waals surface area contributed by atoms with Crippen molar-refractivity contribution in [2.45, 2.75) is 5.03 Å². The molecule has 0 radical (unpaired) electrons. The number of fused-ring (bicyclic) bond motifs is 1. The molecule has 156 valence electrons. The number of benzene rings is 3. The molecule has 3 aromatic carbocycles. The van der Waals surface area contributed by atoms with E-state index in [1.165, 1.54) is 18.1 Å². The lowest BCUT2D eigenvalue weighted by Crippen LogP contribution is -2.14. The lowest BCUT2D eigenvalue weighted by atomic mass is 10.0. The molecule has 32 heavy (non-hydrogen) atoms. The van der Waals surface area contributed by atoms with Crippen molar-refractivity contribution in [1.82, 2.24) is 19.7 Å². The van der Waals surface area contributed by atoms with E-state index in [1.807, 2.05) is 84.9 Å². The molecule has 0 aliphatic heterocycles. The van der Waals surface area contributed by atoms with Crippen LogP contribution in [0, 0.1) is 0 Å². The molecule has 5 rings (SSSR count). The van der Waals surface area contributed by atoms with Gasteiger partial charge in [0.1, 0.15) is 11.4 Å². The standard InChI is InChI=1S/C25H19N5OS/c31-23(29-22-14-8-7-13-20(22)18-9-3-1-4-10-18)16-32-25-21-15-28-30(24(21)26-17-27-25)19-11-5-2-6-12-19/h1-15,17H,16H2,(H,29,31). The summed E-state index contributed by atoms with van der Waals surface area (Å²) < 4.78 is 1.78. The van der Waals surface area contributed by atoms with Gasteiger partial charge in [0.25, 0.3) is 0 Å². The summed E-state index contributed by atoms with van der Waals surface area (Å²) >= 11 is 1.37. The highest BCUT2D eigenvalue weighted by molar-refractivity contribution is 8.00. The average molecular weight is 438 g/mol. The summed E-state index contributed by atoms with van der Waals surface area (Å²) in [4.78, 5) is 21.5. The zero-order chi connectivity index (χ0) is 21.8. The Labute approximate surface area is 189 Å². The lowest BCUT2D eigenvalue weighted by molar-refractivity contribution is -0.113. The first kappa shape index (κ1) is 20.0. The van der Waals surface area contributed by atoms with Gasteiger partial charge in [0, 0.05) is 11.3 Å². The van der Waals surface area contributed by atoms with Gasteiger partial charge in [-0.15, -0.1) is 0 Å². The van der Waals surface area contributed by atoms with Crippen LogP contribution in [0.15, 0.2) is 102 Å². The van der Waals surface area contributed by atoms with Gasteiger partial charge in [0.2, 0.25) is 5.91 Å². The Hall–Kier alpha value is -3.97. The second kappa shape index (κ2) is 9.03. The second-order valence-corrected chi connectivity index (χ2v) is 8.02. The molecular weight excluding hydrogens is 418 g/mol. The summed E-state index contributed by atoms with van der Waals surface area (Å²) in [6.45, 7) is 0. The molecule has 0 bridgehead atoms. The molecule has 6 nitrogen and oxygen atoms in total. The van der Waals surface area contributed by atoms with E-state index in [-0.39, 0.29) is 11.7 Å². The fourth-order valence-electron chi connectivity index (χ4n) is 3.48. The number of thioether (sulfide) groups is 1. The minimum absolute atomic E-state index is 0.0967. The predicted molar refractivity (Wildman–Crippen MR) is 128 cm³/mol. The predicted octanol–water partition coefficient (Wildman–Crippen LogP) is 5.21. The molecule has 1 N–H and O–H groups in total. The van der Waals surface area contributed by atoms with E-state index in [2.05, 4.69) is 20.4 Å². The molecule has 0 saturated carbocycles. The molecule has 0 saturated heterocycles. The Bertz CT molecular complexity index is 1370. The number of anilines is 1. The van der Waals surface area contributed by atoms with Crippen LogP contribution in [0.2, 0.25) is 0 Å². The first-order valence-corrected chi connectivity index (χ1v) is 11.1. The average Bonchev–Trinajstić information content (AvgIpc) is 3.29. The van der Waals surface area contributed by atoms with Crippen molar-refractivity contribution in [2.75, 3.05) is 11.1 Å². The maximum atomic E-state index is 12.7. The zero-order valence-corrected chi connectivity index (χ0v) is 17.9. The van der Waals surface area contributed by atoms with Gasteiger partial charge in [0.15, 0.2) is 5.65 Å². The van der Waals surface area contributed by atoms with E-state index in [1.54, 1.807) is 10.9 Å². The number of hydrogen-bond donors (Lipinski definition) is 1. The summed E-state index contributed by atoms with van der Waals surface area (Å²) in [7, 11) is 0. The molecule has 1 amide bonds. The molecule has 5 aromatic rings. The van der Waals surface area contributed by atoms with Gasteiger partial charge in [-0.25, -0.2) is 14.6 Å². The van der Waals surface area contributed by atoms with Crippen LogP contribution in [-0.4, -0.2) is 31.4 Å². The number of nitrogens with zero attached hydrogens (tertiary/aromatic N) is 4. The maximum Gasteiger partial charge on any atom is 0.234 e. The van der Waals surface area contributed by atoms with E-state index >= 15 is 0 Å². The summed E-state index contributed by atoms with van der Waals surface area (Å²) in [5.74, 6) is 0.131. The van der Waals surface area contributed by atoms with E-state index in [4.69, 9.17) is 0 Å². The Balaban J connectivity index is 1.33. The van der Waals surface area contributed by atoms with Crippen molar-refractivity contribution >= 4 is 34.4 Å². The molecule has 0 aliphatic carbocycles. The molecule has 2 heterocycles. The smallest absolute Gasteiger partial charge is 0.234 e. The summed E-state index contributed by atoms with van der Waals surface area (Å²) in [6, 6.07) is 27.6. The fourth-order valence-corrected chi connectivity index (χ4v) is 4.24. The highest BCUT2D eigenvalue weighted by Crippen LogP contribution is 2.29. The van der Waals surface area contributed by atoms with Gasteiger partial charge >= 0.3 is 0 Å². The molecular formula is C25H19N5OS. The summed E-state index contributed by atoms with van der Waals surface area (Å²) in [6.07, 6.45) is 3.25. The SMILES string of the molecule is O=C(CSc1ncnc2c1cnn2-c1ccccc1)Nc1ccccc1-c1ccccc1. The Morgan fingerprint density at radius 1 is 0.875 bits per heavy atom. The fraction of sp³-hybridized carbons (Fsp3) is 0.0400. The van der Waals surface area contributed by atoms with E-state index in [0.717, 1.165) is 32.9 Å². The van der Waals surface area contributed by atoms with Gasteiger partial charge in [-0.05, 0) is 23.8 Å². The largest absolute Gasteiger partial charge is 0.325 e. The van der Waals surface area contributed by atoms with Crippen LogP contribution >= 0.6 is 11.8 Å². The summed E-state index contributed by atoms with van der Waals surface area (Å²) in [5, 5.41) is 9.04. The van der Waals surface area contributed by atoms with Crippen molar-refractivity contribution in [2.24, 2.45) is 0 Å². The number of para-hydroxylation sites is 2. The Kier molecular flexibility index (Phi) is 5.63. The second-order valence-electron chi connectivity index (χ2n) is 7.06. The van der Waals surface area contributed by atoms with Gasteiger partial charge in [0.05, 0.1) is 23.0 Å². The third-order valence-electron chi connectivity index (χ3n) is 4.96. The van der Waals surface area contributed by atoms with Crippen LogP contribution in [0.5, 0.6) is 0 Å². The zero-order valence-electron chi connectivity index (χ0n) is 17.1. The highest BCUT2D eigenvalue weighted by Gasteiger charge is 2.14. The van der Waals surface area contributed by atoms with Crippen molar-refractivity contribution in [3.8, 4) is 16.8 Å². The third-order valence-corrected chi connectivity index (χ3v) is 5.96. The van der Waals surface area contributed by atoms with E-state index < -0.39 is 0 Å². The number of aromatic nitrogens is 4. The van der Waals surface area contributed by atoms with Crippen LogP contribution in [-0.2, 0) is 4.79 Å². The maximum absolute atomic E-state index is 12.7. The quantitative estimate of drug-likeness (QED) is 0.291. The molecule has 2 aromatic heterocycles. The normalized spacial score (nSPS) is 10.9. The topological polar surface area (TPSA) is 72.7 Å². The minimum Gasteiger partial charge on any atom is -0.325 e. The number of carbonyl (C=O) groups excluding carboxylic acids is 1. The summed E-state index contributed by atoms with van der Waals surface area (Å²) in [5.41, 5.74) is 4.46. The van der Waals surface area contributed by atoms with Crippen molar-refractivity contribution < 1.29 is 4.79 Å². The van der Waals surface area contributed by atoms with Gasteiger partial charge < -0.3 is 5.32 Å². The van der Waals surface area contributed by atoms with Crippen molar-refractivity contribution in [3.63, 3.8) is 0 Å². The van der Waals surface area contributed by atoms with Gasteiger partial charge in [-0.3, -0.25) is 4.79 Å². The molecule has 0 aliphatic rings. The van der Waals surface area contributed by atoms with Crippen LogP contribution < -0.4 is 5.32 Å². The number of hydrogen-bond acceptors (Lipinski definition) is 5. The van der Waals surface area contributed by atoms with Gasteiger partial charge in [-0.2, -0.15) is 5.10 Å². The number of rotatable bonds is 6.